The first-order valence-corrected chi connectivity index (χ1v) is 19.0. The molecule has 5 heteroatoms. The molecule has 3 nitrogen and oxygen atoms in total. The molecule has 1 aliphatic carbocycles. The van der Waals surface area contributed by atoms with Crippen molar-refractivity contribution in [2.75, 3.05) is 22.9 Å². The Bertz CT molecular complexity index is 2080. The largest absolute Gasteiger partial charge is 0.344 e. The molecule has 0 aromatic heterocycles. The molecule has 4 aromatic rings. The van der Waals surface area contributed by atoms with Gasteiger partial charge in [0.25, 0.3) is 0 Å². The van der Waals surface area contributed by atoms with Gasteiger partial charge >= 0.3 is 0 Å². The van der Waals surface area contributed by atoms with Gasteiger partial charge in [-0.15, -0.1) is 0 Å². The second-order valence-electron chi connectivity index (χ2n) is 14.8. The fraction of sp³-hybridized carbons (Fsp3) is 0.283. The van der Waals surface area contributed by atoms with Gasteiger partial charge in [-0.1, -0.05) is 85.6 Å². The number of halogens is 2. The SMILES string of the molecule is CCN1C(=CC=C2CCC(CC=CC3=[N+](CC)c4ccc(Cl)cc4C3(C)C)=C2N(c2ccccc2)c2ccccc2)C(C)(C)c2cc(Cl)ccc21. The zero-order valence-corrected chi connectivity index (χ0v) is 32.2. The molecule has 260 valence electrons. The number of hydrogen-bond donors (Lipinski definition) is 0. The lowest BCUT2D eigenvalue weighted by molar-refractivity contribution is -0.433. The molecule has 0 unspecified atom stereocenters. The van der Waals surface area contributed by atoms with Crippen molar-refractivity contribution in [1.82, 2.24) is 0 Å². The van der Waals surface area contributed by atoms with Gasteiger partial charge in [-0.3, -0.25) is 0 Å². The van der Waals surface area contributed by atoms with Crippen LogP contribution in [0.1, 0.15) is 71.9 Å². The molecule has 2 heterocycles. The Hall–Kier alpha value is -4.31. The average Bonchev–Trinajstić information content (AvgIpc) is 3.69. The van der Waals surface area contributed by atoms with Crippen molar-refractivity contribution in [3.05, 3.63) is 165 Å². The number of hydrogen-bond acceptors (Lipinski definition) is 2. The molecule has 0 saturated heterocycles. The van der Waals surface area contributed by atoms with Crippen LogP contribution >= 0.6 is 23.2 Å². The van der Waals surface area contributed by atoms with E-state index in [1.54, 1.807) is 0 Å². The number of nitrogens with zero attached hydrogens (tertiary/aromatic N) is 3. The Morgan fingerprint density at radius 2 is 1.37 bits per heavy atom. The highest BCUT2D eigenvalue weighted by atomic mass is 35.5. The molecule has 0 fully saturated rings. The summed E-state index contributed by atoms with van der Waals surface area (Å²) in [6.45, 7) is 15.5. The molecule has 0 bridgehead atoms. The first kappa shape index (κ1) is 35.1. The number of anilines is 3. The molecule has 7 rings (SSSR count). The van der Waals surface area contributed by atoms with E-state index in [4.69, 9.17) is 23.2 Å². The van der Waals surface area contributed by atoms with Gasteiger partial charge in [0.1, 0.15) is 6.54 Å². The number of allylic oxidation sites excluding steroid dienone is 7. The molecule has 0 N–H and O–H groups in total. The van der Waals surface area contributed by atoms with Gasteiger partial charge < -0.3 is 9.80 Å². The van der Waals surface area contributed by atoms with Crippen LogP contribution in [0.2, 0.25) is 10.0 Å². The van der Waals surface area contributed by atoms with E-state index in [2.05, 4.69) is 165 Å². The van der Waals surface area contributed by atoms with Crippen LogP contribution in [0.4, 0.5) is 22.7 Å². The molecule has 0 radical (unpaired) electrons. The minimum Gasteiger partial charge on any atom is -0.344 e. The maximum absolute atomic E-state index is 6.52. The van der Waals surface area contributed by atoms with Crippen LogP contribution in [-0.2, 0) is 10.8 Å². The van der Waals surface area contributed by atoms with Crippen molar-refractivity contribution in [3.8, 4) is 0 Å². The topological polar surface area (TPSA) is 9.49 Å². The van der Waals surface area contributed by atoms with Crippen molar-refractivity contribution in [1.29, 1.82) is 0 Å². The summed E-state index contributed by atoms with van der Waals surface area (Å²) < 4.78 is 2.44. The summed E-state index contributed by atoms with van der Waals surface area (Å²) in [6.07, 6.45) is 12.4. The highest BCUT2D eigenvalue weighted by Gasteiger charge is 2.44. The monoisotopic (exact) mass is 712 g/mol. The molecule has 51 heavy (non-hydrogen) atoms. The number of benzene rings is 4. The molecule has 0 amide bonds. The lowest BCUT2D eigenvalue weighted by atomic mass is 9.81. The number of likely N-dealkylation sites (N-methyl/N-ethyl adjacent to an activating group) is 1. The third-order valence-corrected chi connectivity index (χ3v) is 11.5. The summed E-state index contributed by atoms with van der Waals surface area (Å²) in [4.78, 5) is 4.91. The van der Waals surface area contributed by atoms with Gasteiger partial charge in [0.15, 0.2) is 5.71 Å². The van der Waals surface area contributed by atoms with E-state index in [0.29, 0.717) is 0 Å². The first-order chi connectivity index (χ1) is 24.6. The standard InChI is InChI=1S/C46H48Cl2N3/c1-7-49-40-27-25-34(47)30-38(40)45(3,4)42(49)21-15-16-32-22-23-33(44(32)51(36-17-11-9-12-18-36)37-19-13-10-14-20-37)24-29-43-46(5,6)39-31-35(48)26-28-41(39)50(43)8-2/h9-15,17-21,24-31H,7-8,16,22-23H2,1-6H3/q+1. The van der Waals surface area contributed by atoms with Crippen LogP contribution in [0.5, 0.6) is 0 Å². The Morgan fingerprint density at radius 3 is 2.00 bits per heavy atom. The van der Waals surface area contributed by atoms with Crippen LogP contribution in [0, 0.1) is 0 Å². The summed E-state index contributed by atoms with van der Waals surface area (Å²) in [7, 11) is 0. The fourth-order valence-corrected chi connectivity index (χ4v) is 8.79. The maximum Gasteiger partial charge on any atom is 0.209 e. The average molecular weight is 714 g/mol. The molecule has 4 aromatic carbocycles. The van der Waals surface area contributed by atoms with E-state index in [1.165, 1.54) is 50.8 Å². The van der Waals surface area contributed by atoms with Gasteiger partial charge in [0.05, 0.1) is 5.41 Å². The van der Waals surface area contributed by atoms with E-state index < -0.39 is 0 Å². The number of para-hydroxylation sites is 2. The highest BCUT2D eigenvalue weighted by Crippen LogP contribution is 2.49. The zero-order valence-electron chi connectivity index (χ0n) is 30.7. The summed E-state index contributed by atoms with van der Waals surface area (Å²) in [5, 5.41) is 1.57. The van der Waals surface area contributed by atoms with Crippen LogP contribution in [0.25, 0.3) is 0 Å². The van der Waals surface area contributed by atoms with Crippen molar-refractivity contribution >= 4 is 51.7 Å². The number of rotatable bonds is 9. The van der Waals surface area contributed by atoms with Gasteiger partial charge in [-0.05, 0) is 124 Å². The van der Waals surface area contributed by atoms with Gasteiger partial charge in [0.2, 0.25) is 5.69 Å². The predicted octanol–water partition coefficient (Wildman–Crippen LogP) is 12.8. The second kappa shape index (κ2) is 14.0. The van der Waals surface area contributed by atoms with Crippen molar-refractivity contribution < 1.29 is 4.58 Å². The van der Waals surface area contributed by atoms with E-state index >= 15 is 0 Å². The smallest absolute Gasteiger partial charge is 0.209 e. The Labute approximate surface area is 314 Å². The molecule has 0 atom stereocenters. The Balaban J connectivity index is 1.33. The van der Waals surface area contributed by atoms with Crippen LogP contribution in [0.15, 0.2) is 144 Å². The minimum absolute atomic E-state index is 0.141. The third-order valence-electron chi connectivity index (χ3n) is 11.0. The van der Waals surface area contributed by atoms with Gasteiger partial charge in [0, 0.05) is 68.2 Å². The van der Waals surface area contributed by atoms with Crippen LogP contribution in [-0.4, -0.2) is 23.4 Å². The van der Waals surface area contributed by atoms with Gasteiger partial charge in [-0.2, -0.15) is 4.58 Å². The van der Waals surface area contributed by atoms with E-state index in [0.717, 1.165) is 53.8 Å². The van der Waals surface area contributed by atoms with E-state index in [9.17, 15) is 0 Å². The Kier molecular flexibility index (Phi) is 9.65. The fourth-order valence-electron chi connectivity index (χ4n) is 8.44. The normalized spacial score (nSPS) is 19.2. The number of fused-ring (bicyclic) bond motifs is 2. The molecular weight excluding hydrogens is 665 g/mol. The predicted molar refractivity (Wildman–Crippen MR) is 219 cm³/mol. The van der Waals surface area contributed by atoms with Crippen LogP contribution < -0.4 is 9.80 Å². The summed E-state index contributed by atoms with van der Waals surface area (Å²) in [5.74, 6) is 0. The lowest BCUT2D eigenvalue weighted by Crippen LogP contribution is -2.27. The van der Waals surface area contributed by atoms with Crippen molar-refractivity contribution in [2.45, 2.75) is 71.6 Å². The highest BCUT2D eigenvalue weighted by molar-refractivity contribution is 6.31. The molecular formula is C46H48Cl2N3+. The zero-order chi connectivity index (χ0) is 35.9. The summed E-state index contributed by atoms with van der Waals surface area (Å²) >= 11 is 13.0. The minimum atomic E-state index is -0.168. The van der Waals surface area contributed by atoms with E-state index in [1.807, 2.05) is 12.1 Å². The lowest BCUT2D eigenvalue weighted by Gasteiger charge is -2.29. The third kappa shape index (κ3) is 6.30. The molecule has 2 aliphatic heterocycles. The van der Waals surface area contributed by atoms with Crippen molar-refractivity contribution in [3.63, 3.8) is 0 Å². The second-order valence-corrected chi connectivity index (χ2v) is 15.6. The molecule has 0 saturated carbocycles. The first-order valence-electron chi connectivity index (χ1n) is 18.3. The Morgan fingerprint density at radius 1 is 0.745 bits per heavy atom. The van der Waals surface area contributed by atoms with Crippen LogP contribution in [0.3, 0.4) is 0 Å². The molecule has 3 aliphatic rings. The van der Waals surface area contributed by atoms with E-state index in [-0.39, 0.29) is 10.8 Å². The quantitative estimate of drug-likeness (QED) is 0.160. The van der Waals surface area contributed by atoms with Gasteiger partial charge in [-0.25, -0.2) is 0 Å². The van der Waals surface area contributed by atoms with Crippen molar-refractivity contribution in [2.24, 2.45) is 0 Å². The summed E-state index contributed by atoms with van der Waals surface area (Å²) in [6, 6.07) is 34.3. The molecule has 0 spiro atoms. The maximum atomic E-state index is 6.52. The summed E-state index contributed by atoms with van der Waals surface area (Å²) in [5.41, 5.74) is 13.8.